The second-order valence-electron chi connectivity index (χ2n) is 8.76. The number of amides is 1. The highest BCUT2D eigenvalue weighted by Crippen LogP contribution is 2.41. The standard InChI is InChI=1S/C22H26N6O3/c1-14-25-26-21-20(23-8-10-28(14)21)27-9-7-16(12-27)24-18(29)13-30-17-6-4-5-15-11-22(2,3)31-19(15)17/h4-6,8,10,16H,7,9,11-13H2,1-3H3,(H,24,29). The lowest BCUT2D eigenvalue weighted by atomic mass is 10.0. The van der Waals surface area contributed by atoms with Crippen LogP contribution in [0.3, 0.4) is 0 Å². The molecular weight excluding hydrogens is 396 g/mol. The first-order chi connectivity index (χ1) is 14.9. The van der Waals surface area contributed by atoms with Crippen LogP contribution >= 0.6 is 0 Å². The van der Waals surface area contributed by atoms with Crippen LogP contribution in [0.1, 0.15) is 31.7 Å². The monoisotopic (exact) mass is 422 g/mol. The molecule has 1 N–H and O–H groups in total. The van der Waals surface area contributed by atoms with E-state index in [1.807, 2.05) is 49.6 Å². The highest BCUT2D eigenvalue weighted by atomic mass is 16.5. The normalized spacial score (nSPS) is 19.3. The van der Waals surface area contributed by atoms with Gasteiger partial charge in [0, 0.05) is 43.5 Å². The lowest BCUT2D eigenvalue weighted by molar-refractivity contribution is -0.123. The lowest BCUT2D eigenvalue weighted by Gasteiger charge is -2.19. The first-order valence-corrected chi connectivity index (χ1v) is 10.5. The quantitative estimate of drug-likeness (QED) is 0.671. The molecule has 31 heavy (non-hydrogen) atoms. The van der Waals surface area contributed by atoms with Crippen LogP contribution in [0.25, 0.3) is 5.65 Å². The molecule has 3 aromatic rings. The molecule has 1 saturated heterocycles. The fraction of sp³-hybridized carbons (Fsp3) is 0.455. The third-order valence-electron chi connectivity index (χ3n) is 5.75. The summed E-state index contributed by atoms with van der Waals surface area (Å²) < 4.78 is 13.7. The highest BCUT2D eigenvalue weighted by molar-refractivity contribution is 5.78. The Morgan fingerprint density at radius 1 is 1.35 bits per heavy atom. The summed E-state index contributed by atoms with van der Waals surface area (Å²) in [5, 5.41) is 11.4. The number of hydrogen-bond donors (Lipinski definition) is 1. The van der Waals surface area contributed by atoms with Crippen molar-refractivity contribution in [3.8, 4) is 11.5 Å². The average Bonchev–Trinajstić information content (AvgIpc) is 3.42. The number of nitrogens with one attached hydrogen (secondary N) is 1. The summed E-state index contributed by atoms with van der Waals surface area (Å²) in [7, 11) is 0. The summed E-state index contributed by atoms with van der Waals surface area (Å²) in [6.45, 7) is 7.41. The van der Waals surface area contributed by atoms with Gasteiger partial charge in [-0.2, -0.15) is 0 Å². The predicted molar refractivity (Wildman–Crippen MR) is 115 cm³/mol. The highest BCUT2D eigenvalue weighted by Gasteiger charge is 2.32. The van der Waals surface area contributed by atoms with Crippen molar-refractivity contribution in [1.82, 2.24) is 24.9 Å². The fourth-order valence-corrected chi connectivity index (χ4v) is 4.34. The number of carbonyl (C=O) groups is 1. The van der Waals surface area contributed by atoms with Crippen LogP contribution < -0.4 is 19.7 Å². The number of rotatable bonds is 5. The average molecular weight is 422 g/mol. The first-order valence-electron chi connectivity index (χ1n) is 10.5. The molecule has 0 bridgehead atoms. The van der Waals surface area contributed by atoms with Crippen molar-refractivity contribution in [2.24, 2.45) is 0 Å². The van der Waals surface area contributed by atoms with Crippen molar-refractivity contribution >= 4 is 17.4 Å². The van der Waals surface area contributed by atoms with Crippen LogP contribution in [0, 0.1) is 6.92 Å². The van der Waals surface area contributed by atoms with E-state index in [1.54, 1.807) is 6.20 Å². The molecule has 4 heterocycles. The van der Waals surface area contributed by atoms with Crippen molar-refractivity contribution < 1.29 is 14.3 Å². The van der Waals surface area contributed by atoms with Crippen LogP contribution in [0.15, 0.2) is 30.6 Å². The van der Waals surface area contributed by atoms with Gasteiger partial charge in [-0.25, -0.2) is 4.98 Å². The Labute approximate surface area is 180 Å². The molecule has 9 nitrogen and oxygen atoms in total. The van der Waals surface area contributed by atoms with Gasteiger partial charge in [-0.1, -0.05) is 12.1 Å². The van der Waals surface area contributed by atoms with Crippen molar-refractivity contribution in [2.75, 3.05) is 24.6 Å². The van der Waals surface area contributed by atoms with E-state index in [-0.39, 0.29) is 24.2 Å². The van der Waals surface area contributed by atoms with E-state index in [1.165, 1.54) is 0 Å². The molecule has 1 unspecified atom stereocenters. The van der Waals surface area contributed by atoms with Gasteiger partial charge >= 0.3 is 0 Å². The minimum atomic E-state index is -0.253. The molecule has 1 aromatic carbocycles. The van der Waals surface area contributed by atoms with Gasteiger partial charge in [0.2, 0.25) is 5.65 Å². The van der Waals surface area contributed by atoms with Crippen LogP contribution in [0.5, 0.6) is 11.5 Å². The maximum absolute atomic E-state index is 12.5. The molecule has 2 aliphatic rings. The summed E-state index contributed by atoms with van der Waals surface area (Å²) in [5.41, 5.74) is 1.59. The largest absolute Gasteiger partial charge is 0.483 e. The van der Waals surface area contributed by atoms with Crippen LogP contribution in [0.4, 0.5) is 5.82 Å². The minimum Gasteiger partial charge on any atom is -0.483 e. The molecule has 1 fully saturated rings. The van der Waals surface area contributed by atoms with Gasteiger partial charge in [0.15, 0.2) is 23.9 Å². The Bertz CT molecular complexity index is 1140. The third-order valence-corrected chi connectivity index (χ3v) is 5.75. The summed E-state index contributed by atoms with van der Waals surface area (Å²) >= 11 is 0. The molecule has 2 aromatic heterocycles. The Hall–Kier alpha value is -3.36. The maximum atomic E-state index is 12.5. The third kappa shape index (κ3) is 3.75. The number of benzene rings is 1. The van der Waals surface area contributed by atoms with E-state index in [2.05, 4.69) is 25.4 Å². The molecule has 1 amide bonds. The Kier molecular flexibility index (Phi) is 4.68. The molecule has 2 aliphatic heterocycles. The molecule has 0 radical (unpaired) electrons. The number of para-hydroxylation sites is 1. The summed E-state index contributed by atoms with van der Waals surface area (Å²) in [4.78, 5) is 19.1. The second kappa shape index (κ2) is 7.40. The molecule has 162 valence electrons. The van der Waals surface area contributed by atoms with Gasteiger partial charge in [0.05, 0.1) is 0 Å². The number of anilines is 1. The fourth-order valence-electron chi connectivity index (χ4n) is 4.34. The number of nitrogens with zero attached hydrogens (tertiary/aromatic N) is 5. The zero-order valence-electron chi connectivity index (χ0n) is 18.0. The number of fused-ring (bicyclic) bond motifs is 2. The van der Waals surface area contributed by atoms with E-state index in [0.717, 1.165) is 48.0 Å². The van der Waals surface area contributed by atoms with Gasteiger partial charge in [-0.15, -0.1) is 10.2 Å². The van der Waals surface area contributed by atoms with Gasteiger partial charge < -0.3 is 19.7 Å². The zero-order chi connectivity index (χ0) is 21.6. The van der Waals surface area contributed by atoms with Crippen molar-refractivity contribution in [3.63, 3.8) is 0 Å². The zero-order valence-corrected chi connectivity index (χ0v) is 18.0. The van der Waals surface area contributed by atoms with Crippen LogP contribution in [0.2, 0.25) is 0 Å². The summed E-state index contributed by atoms with van der Waals surface area (Å²) in [6.07, 6.45) is 5.27. The van der Waals surface area contributed by atoms with Gasteiger partial charge in [0.25, 0.3) is 5.91 Å². The smallest absolute Gasteiger partial charge is 0.258 e. The van der Waals surface area contributed by atoms with E-state index in [0.29, 0.717) is 12.3 Å². The molecular formula is C22H26N6O3. The number of aromatic nitrogens is 4. The topological polar surface area (TPSA) is 93.9 Å². The number of aryl methyl sites for hydroxylation is 1. The lowest BCUT2D eigenvalue weighted by Crippen LogP contribution is -2.39. The van der Waals surface area contributed by atoms with Crippen molar-refractivity contribution in [3.05, 3.63) is 42.0 Å². The van der Waals surface area contributed by atoms with E-state index in [9.17, 15) is 4.79 Å². The molecule has 9 heteroatoms. The maximum Gasteiger partial charge on any atom is 0.258 e. The summed E-state index contributed by atoms with van der Waals surface area (Å²) in [5.74, 6) is 2.82. The molecule has 5 rings (SSSR count). The van der Waals surface area contributed by atoms with Gasteiger partial charge in [0.1, 0.15) is 11.4 Å². The molecule has 1 atom stereocenters. The Morgan fingerprint density at radius 2 is 2.23 bits per heavy atom. The molecule has 0 saturated carbocycles. The van der Waals surface area contributed by atoms with E-state index in [4.69, 9.17) is 9.47 Å². The Balaban J connectivity index is 1.19. The minimum absolute atomic E-state index is 0.0267. The van der Waals surface area contributed by atoms with Crippen LogP contribution in [-0.4, -0.2) is 56.8 Å². The Morgan fingerprint density at radius 3 is 3.10 bits per heavy atom. The van der Waals surface area contributed by atoms with E-state index < -0.39 is 0 Å². The first kappa shape index (κ1) is 19.6. The molecule has 0 aliphatic carbocycles. The molecule has 0 spiro atoms. The van der Waals surface area contributed by atoms with E-state index >= 15 is 0 Å². The summed E-state index contributed by atoms with van der Waals surface area (Å²) in [6, 6.07) is 5.84. The number of hydrogen-bond acceptors (Lipinski definition) is 7. The number of ether oxygens (including phenoxy) is 2. The number of carbonyl (C=O) groups excluding carboxylic acids is 1. The van der Waals surface area contributed by atoms with Gasteiger partial charge in [-0.05, 0) is 33.3 Å². The van der Waals surface area contributed by atoms with Crippen LogP contribution in [-0.2, 0) is 11.2 Å². The van der Waals surface area contributed by atoms with Crippen molar-refractivity contribution in [2.45, 2.75) is 45.3 Å². The predicted octanol–water partition coefficient (Wildman–Crippen LogP) is 1.92. The SMILES string of the molecule is Cc1nnc2c(N3CCC(NC(=O)COc4cccc5c4OC(C)(C)C5)C3)nccn12. The van der Waals surface area contributed by atoms with Gasteiger partial charge in [-0.3, -0.25) is 9.20 Å². The van der Waals surface area contributed by atoms with Crippen molar-refractivity contribution in [1.29, 1.82) is 0 Å². The second-order valence-corrected chi connectivity index (χ2v) is 8.76.